The van der Waals surface area contributed by atoms with Gasteiger partial charge in [0.15, 0.2) is 6.61 Å². The van der Waals surface area contributed by atoms with E-state index in [9.17, 15) is 4.79 Å². The van der Waals surface area contributed by atoms with E-state index in [1.165, 1.54) is 0 Å². The molecule has 150 valence electrons. The zero-order valence-electron chi connectivity index (χ0n) is 16.4. The molecule has 4 rings (SSSR count). The molecular weight excluding hydrogens is 390 g/mol. The average molecular weight is 412 g/mol. The van der Waals surface area contributed by atoms with Gasteiger partial charge in [0.2, 0.25) is 11.7 Å². The van der Waals surface area contributed by atoms with Crippen molar-refractivity contribution in [2.75, 3.05) is 13.2 Å². The highest BCUT2D eigenvalue weighted by molar-refractivity contribution is 6.30. The minimum Gasteiger partial charge on any atom is -0.483 e. The molecule has 6 nitrogen and oxygen atoms in total. The molecule has 2 aromatic carbocycles. The Kier molecular flexibility index (Phi) is 5.53. The summed E-state index contributed by atoms with van der Waals surface area (Å²) in [5.41, 5.74) is 2.92. The van der Waals surface area contributed by atoms with Crippen molar-refractivity contribution in [2.24, 2.45) is 0 Å². The topological polar surface area (TPSA) is 68.5 Å². The maximum Gasteiger partial charge on any atom is 0.261 e. The second-order valence-electron chi connectivity index (χ2n) is 7.27. The van der Waals surface area contributed by atoms with Gasteiger partial charge in [-0.3, -0.25) is 4.79 Å². The molecule has 0 radical (unpaired) electrons. The monoisotopic (exact) mass is 411 g/mol. The normalized spacial score (nSPS) is 16.2. The van der Waals surface area contributed by atoms with Crippen LogP contribution in [0.3, 0.4) is 0 Å². The van der Waals surface area contributed by atoms with Gasteiger partial charge in [0.05, 0.1) is 0 Å². The number of likely N-dealkylation sites (tertiary alicyclic amines) is 1. The number of halogens is 1. The van der Waals surface area contributed by atoms with Crippen LogP contribution in [0.1, 0.15) is 35.9 Å². The van der Waals surface area contributed by atoms with Crippen molar-refractivity contribution in [1.82, 2.24) is 15.0 Å². The Hall–Kier alpha value is -2.86. The van der Waals surface area contributed by atoms with E-state index in [1.54, 1.807) is 17.0 Å². The van der Waals surface area contributed by atoms with Gasteiger partial charge in [-0.15, -0.1) is 0 Å². The zero-order valence-corrected chi connectivity index (χ0v) is 17.1. The summed E-state index contributed by atoms with van der Waals surface area (Å²) in [6.45, 7) is 4.52. The first-order valence-electron chi connectivity index (χ1n) is 9.60. The van der Waals surface area contributed by atoms with Gasteiger partial charge in [-0.25, -0.2) is 0 Å². The predicted molar refractivity (Wildman–Crippen MR) is 110 cm³/mol. The number of ether oxygens (including phenoxy) is 1. The SMILES string of the molecule is Cc1cccc(-c2noc(C3CCCN3C(=O)COc3ccc(Cl)cc3C)n2)c1. The highest BCUT2D eigenvalue weighted by atomic mass is 35.5. The largest absolute Gasteiger partial charge is 0.483 e. The van der Waals surface area contributed by atoms with Crippen LogP contribution in [0.2, 0.25) is 5.02 Å². The summed E-state index contributed by atoms with van der Waals surface area (Å²) < 4.78 is 11.2. The van der Waals surface area contributed by atoms with Crippen molar-refractivity contribution in [3.8, 4) is 17.1 Å². The van der Waals surface area contributed by atoms with Crippen LogP contribution in [0.4, 0.5) is 0 Å². The van der Waals surface area contributed by atoms with E-state index in [0.29, 0.717) is 29.0 Å². The lowest BCUT2D eigenvalue weighted by atomic mass is 10.1. The summed E-state index contributed by atoms with van der Waals surface area (Å²) in [6.07, 6.45) is 1.68. The standard InChI is InChI=1S/C22H22ClN3O3/c1-14-5-3-6-16(11-14)21-24-22(29-25-21)18-7-4-10-26(18)20(27)13-28-19-9-8-17(23)12-15(19)2/h3,5-6,8-9,11-12,18H,4,7,10,13H2,1-2H3. The van der Waals surface area contributed by atoms with Crippen LogP contribution >= 0.6 is 11.6 Å². The molecule has 1 fully saturated rings. The van der Waals surface area contributed by atoms with Gasteiger partial charge < -0.3 is 14.2 Å². The van der Waals surface area contributed by atoms with Crippen LogP contribution in [0.5, 0.6) is 5.75 Å². The Morgan fingerprint density at radius 1 is 1.28 bits per heavy atom. The number of nitrogens with zero attached hydrogens (tertiary/aromatic N) is 3. The number of amides is 1. The first-order chi connectivity index (χ1) is 14.0. The van der Waals surface area contributed by atoms with Crippen LogP contribution in [0.25, 0.3) is 11.4 Å². The van der Waals surface area contributed by atoms with E-state index in [2.05, 4.69) is 10.1 Å². The van der Waals surface area contributed by atoms with E-state index in [-0.39, 0.29) is 18.6 Å². The molecule has 0 bridgehead atoms. The Morgan fingerprint density at radius 2 is 2.14 bits per heavy atom. The number of aromatic nitrogens is 2. The van der Waals surface area contributed by atoms with Gasteiger partial charge in [-0.2, -0.15) is 4.98 Å². The predicted octanol–water partition coefficient (Wildman–Crippen LogP) is 4.75. The summed E-state index contributed by atoms with van der Waals surface area (Å²) in [7, 11) is 0. The van der Waals surface area contributed by atoms with Crippen molar-refractivity contribution in [1.29, 1.82) is 0 Å². The van der Waals surface area contributed by atoms with Gasteiger partial charge >= 0.3 is 0 Å². The molecule has 1 aromatic heterocycles. The number of benzene rings is 2. The molecule has 3 aromatic rings. The van der Waals surface area contributed by atoms with Crippen molar-refractivity contribution in [3.63, 3.8) is 0 Å². The zero-order chi connectivity index (χ0) is 20.4. The second kappa shape index (κ2) is 8.25. The molecule has 7 heteroatoms. The Labute approximate surface area is 174 Å². The smallest absolute Gasteiger partial charge is 0.261 e. The lowest BCUT2D eigenvalue weighted by Crippen LogP contribution is -2.34. The third-order valence-electron chi connectivity index (χ3n) is 5.06. The molecule has 0 saturated carbocycles. The fourth-order valence-corrected chi connectivity index (χ4v) is 3.82. The number of hydrogen-bond acceptors (Lipinski definition) is 5. The van der Waals surface area contributed by atoms with E-state index >= 15 is 0 Å². The Balaban J connectivity index is 1.45. The van der Waals surface area contributed by atoms with Crippen LogP contribution in [-0.4, -0.2) is 34.1 Å². The van der Waals surface area contributed by atoms with Gasteiger partial charge in [0.1, 0.15) is 11.8 Å². The van der Waals surface area contributed by atoms with E-state index < -0.39 is 0 Å². The molecule has 1 unspecified atom stereocenters. The van der Waals surface area contributed by atoms with Crippen molar-refractivity contribution in [3.05, 3.63) is 64.5 Å². The van der Waals surface area contributed by atoms with Crippen LogP contribution in [0, 0.1) is 13.8 Å². The number of rotatable bonds is 5. The molecule has 29 heavy (non-hydrogen) atoms. The summed E-state index contributed by atoms with van der Waals surface area (Å²) in [6, 6.07) is 13.0. The molecule has 1 aliphatic heterocycles. The highest BCUT2D eigenvalue weighted by Gasteiger charge is 2.34. The fraction of sp³-hybridized carbons (Fsp3) is 0.318. The molecular formula is C22H22ClN3O3. The first kappa shape index (κ1) is 19.5. The third-order valence-corrected chi connectivity index (χ3v) is 5.30. The summed E-state index contributed by atoms with van der Waals surface area (Å²) in [5, 5.41) is 4.75. The van der Waals surface area contributed by atoms with Crippen LogP contribution in [-0.2, 0) is 4.79 Å². The molecule has 0 N–H and O–H groups in total. The van der Waals surface area contributed by atoms with Crippen molar-refractivity contribution in [2.45, 2.75) is 32.7 Å². The number of hydrogen-bond donors (Lipinski definition) is 0. The maximum atomic E-state index is 12.8. The summed E-state index contributed by atoms with van der Waals surface area (Å²) in [5.74, 6) is 1.56. The lowest BCUT2D eigenvalue weighted by molar-refractivity contribution is -0.134. The van der Waals surface area contributed by atoms with Gasteiger partial charge in [0, 0.05) is 17.1 Å². The molecule has 1 saturated heterocycles. The van der Waals surface area contributed by atoms with Crippen LogP contribution in [0.15, 0.2) is 47.0 Å². The second-order valence-corrected chi connectivity index (χ2v) is 7.71. The highest BCUT2D eigenvalue weighted by Crippen LogP contribution is 2.32. The van der Waals surface area contributed by atoms with Crippen molar-refractivity contribution >= 4 is 17.5 Å². The summed E-state index contributed by atoms with van der Waals surface area (Å²) in [4.78, 5) is 19.1. The molecule has 0 spiro atoms. The minimum atomic E-state index is -0.219. The molecule has 1 amide bonds. The first-order valence-corrected chi connectivity index (χ1v) is 9.98. The third kappa shape index (κ3) is 4.27. The molecule has 2 heterocycles. The lowest BCUT2D eigenvalue weighted by Gasteiger charge is -2.22. The van der Waals surface area contributed by atoms with E-state index in [4.69, 9.17) is 20.9 Å². The van der Waals surface area contributed by atoms with E-state index in [0.717, 1.165) is 29.5 Å². The number of carbonyl (C=O) groups is 1. The Morgan fingerprint density at radius 3 is 2.93 bits per heavy atom. The van der Waals surface area contributed by atoms with Gasteiger partial charge in [-0.05, 0) is 56.5 Å². The quantitative estimate of drug-likeness (QED) is 0.606. The average Bonchev–Trinajstić information content (AvgIpc) is 3.36. The molecule has 0 aliphatic carbocycles. The fourth-order valence-electron chi connectivity index (χ4n) is 3.59. The maximum absolute atomic E-state index is 12.8. The molecule has 1 atom stereocenters. The minimum absolute atomic E-state index is 0.0438. The Bertz CT molecular complexity index is 1030. The van der Waals surface area contributed by atoms with Gasteiger partial charge in [-0.1, -0.05) is 40.5 Å². The number of carbonyl (C=O) groups excluding carboxylic acids is 1. The summed E-state index contributed by atoms with van der Waals surface area (Å²) >= 11 is 5.97. The van der Waals surface area contributed by atoms with Gasteiger partial charge in [0.25, 0.3) is 5.91 Å². The molecule has 1 aliphatic rings. The number of aryl methyl sites for hydroxylation is 2. The van der Waals surface area contributed by atoms with E-state index in [1.807, 2.05) is 44.2 Å². The van der Waals surface area contributed by atoms with Crippen LogP contribution < -0.4 is 4.74 Å². The van der Waals surface area contributed by atoms with Crippen molar-refractivity contribution < 1.29 is 14.1 Å².